The Hall–Kier alpha value is -1.66. The van der Waals surface area contributed by atoms with E-state index in [1.807, 2.05) is 38.2 Å². The van der Waals surface area contributed by atoms with Crippen LogP contribution in [0.2, 0.25) is 0 Å². The topological polar surface area (TPSA) is 55.7 Å². The van der Waals surface area contributed by atoms with E-state index in [2.05, 4.69) is 35.4 Å². The molecule has 0 fully saturated rings. The minimum Gasteiger partial charge on any atom is -0.371 e. The number of H-pyrrole nitrogens is 1. The summed E-state index contributed by atoms with van der Waals surface area (Å²) in [5, 5.41) is 0. The molecule has 0 radical (unpaired) electrons. The molecule has 0 saturated heterocycles. The molecule has 2 heterocycles. The summed E-state index contributed by atoms with van der Waals surface area (Å²) in [6.07, 6.45) is 3.72. The molecule has 0 amide bonds. The van der Waals surface area contributed by atoms with E-state index in [4.69, 9.17) is 4.74 Å². The third-order valence-electron chi connectivity index (χ3n) is 3.34. The normalized spacial score (nSPS) is 12.9. The Morgan fingerprint density at radius 1 is 1.43 bits per heavy atom. The van der Waals surface area contributed by atoms with Crippen LogP contribution >= 0.6 is 15.9 Å². The van der Waals surface area contributed by atoms with E-state index < -0.39 is 0 Å². The molecule has 21 heavy (non-hydrogen) atoms. The third kappa shape index (κ3) is 3.01. The second-order valence-corrected chi connectivity index (χ2v) is 5.77. The number of rotatable bonds is 5. The molecule has 0 bridgehead atoms. The fourth-order valence-corrected chi connectivity index (χ4v) is 2.77. The predicted molar refractivity (Wildman–Crippen MR) is 85.2 cm³/mol. The maximum Gasteiger partial charge on any atom is 0.138 e. The Bertz CT molecular complexity index is 749. The largest absolute Gasteiger partial charge is 0.371 e. The highest BCUT2D eigenvalue weighted by Crippen LogP contribution is 2.19. The maximum absolute atomic E-state index is 5.62. The van der Waals surface area contributed by atoms with Gasteiger partial charge in [0.15, 0.2) is 0 Å². The highest BCUT2D eigenvalue weighted by Gasteiger charge is 2.13. The predicted octanol–water partition coefficient (Wildman–Crippen LogP) is 3.67. The molecule has 110 valence electrons. The van der Waals surface area contributed by atoms with Crippen LogP contribution in [0.15, 0.2) is 35.1 Å². The van der Waals surface area contributed by atoms with Gasteiger partial charge in [-0.2, -0.15) is 0 Å². The van der Waals surface area contributed by atoms with Crippen LogP contribution in [0, 0.1) is 0 Å². The molecular formula is C15H17BrN4O. The fraction of sp³-hybridized carbons (Fsp3) is 0.333. The maximum atomic E-state index is 5.62. The lowest BCUT2D eigenvalue weighted by Crippen LogP contribution is -2.10. The van der Waals surface area contributed by atoms with Gasteiger partial charge in [0.2, 0.25) is 0 Å². The number of hydrogen-bond donors (Lipinski definition) is 1. The number of imidazole rings is 2. The summed E-state index contributed by atoms with van der Waals surface area (Å²) in [6, 6.07) is 6.02. The van der Waals surface area contributed by atoms with Crippen molar-refractivity contribution in [2.24, 2.45) is 0 Å². The SMILES string of the molecule is CCO[C@@H](C)c1nccn1Cc1nc2ccc(Br)cc2[nH]1. The second kappa shape index (κ2) is 5.99. The summed E-state index contributed by atoms with van der Waals surface area (Å²) in [6.45, 7) is 5.32. The molecule has 3 rings (SSSR count). The number of hydrogen-bond acceptors (Lipinski definition) is 3. The van der Waals surface area contributed by atoms with E-state index in [1.165, 1.54) is 0 Å². The number of nitrogens with one attached hydrogen (secondary N) is 1. The quantitative estimate of drug-likeness (QED) is 0.765. The van der Waals surface area contributed by atoms with Gasteiger partial charge in [-0.25, -0.2) is 9.97 Å². The molecule has 0 spiro atoms. The molecule has 1 N–H and O–H groups in total. The monoisotopic (exact) mass is 348 g/mol. The number of nitrogens with zero attached hydrogens (tertiary/aromatic N) is 3. The number of benzene rings is 1. The molecule has 1 atom stereocenters. The van der Waals surface area contributed by atoms with E-state index >= 15 is 0 Å². The van der Waals surface area contributed by atoms with E-state index in [-0.39, 0.29) is 6.10 Å². The summed E-state index contributed by atoms with van der Waals surface area (Å²) in [5.74, 6) is 1.82. The Balaban J connectivity index is 1.87. The van der Waals surface area contributed by atoms with Crippen molar-refractivity contribution in [3.8, 4) is 0 Å². The molecule has 0 aliphatic heterocycles. The lowest BCUT2D eigenvalue weighted by atomic mass is 10.3. The van der Waals surface area contributed by atoms with Crippen LogP contribution in [-0.4, -0.2) is 26.1 Å². The van der Waals surface area contributed by atoms with Crippen molar-refractivity contribution in [1.82, 2.24) is 19.5 Å². The minimum absolute atomic E-state index is 0.0245. The molecule has 2 aromatic heterocycles. The fourth-order valence-electron chi connectivity index (χ4n) is 2.41. The zero-order valence-corrected chi connectivity index (χ0v) is 13.6. The molecule has 0 aliphatic rings. The van der Waals surface area contributed by atoms with Crippen LogP contribution in [0.4, 0.5) is 0 Å². The molecule has 1 aromatic carbocycles. The summed E-state index contributed by atoms with van der Waals surface area (Å²) in [4.78, 5) is 12.3. The van der Waals surface area contributed by atoms with Crippen LogP contribution in [0.5, 0.6) is 0 Å². The van der Waals surface area contributed by atoms with Gasteiger partial charge in [-0.15, -0.1) is 0 Å². The van der Waals surface area contributed by atoms with Crippen molar-refractivity contribution in [3.63, 3.8) is 0 Å². The zero-order chi connectivity index (χ0) is 14.8. The standard InChI is InChI=1S/C15H17BrN4O/c1-3-21-10(2)15-17-6-7-20(15)9-14-18-12-5-4-11(16)8-13(12)19-14/h4-8,10H,3,9H2,1-2H3,(H,18,19)/t10-/m0/s1. The van der Waals surface area contributed by atoms with E-state index in [1.54, 1.807) is 6.20 Å². The first-order chi connectivity index (χ1) is 10.2. The van der Waals surface area contributed by atoms with Gasteiger partial charge in [0.1, 0.15) is 17.8 Å². The molecule has 6 heteroatoms. The van der Waals surface area contributed by atoms with Crippen molar-refractivity contribution in [2.45, 2.75) is 26.5 Å². The van der Waals surface area contributed by atoms with Gasteiger partial charge in [-0.1, -0.05) is 15.9 Å². The number of fused-ring (bicyclic) bond motifs is 1. The van der Waals surface area contributed by atoms with E-state index in [9.17, 15) is 0 Å². The van der Waals surface area contributed by atoms with Gasteiger partial charge in [0, 0.05) is 23.5 Å². The summed E-state index contributed by atoms with van der Waals surface area (Å²) < 4.78 is 8.72. The van der Waals surface area contributed by atoms with Gasteiger partial charge in [-0.3, -0.25) is 0 Å². The smallest absolute Gasteiger partial charge is 0.138 e. The van der Waals surface area contributed by atoms with Crippen molar-refractivity contribution >= 4 is 27.0 Å². The summed E-state index contributed by atoms with van der Waals surface area (Å²) in [5.41, 5.74) is 1.99. The van der Waals surface area contributed by atoms with E-state index in [0.29, 0.717) is 13.2 Å². The second-order valence-electron chi connectivity index (χ2n) is 4.86. The Labute approximate surface area is 131 Å². The van der Waals surface area contributed by atoms with E-state index in [0.717, 1.165) is 27.2 Å². The molecular weight excluding hydrogens is 332 g/mol. The lowest BCUT2D eigenvalue weighted by molar-refractivity contribution is 0.0677. The molecule has 0 aliphatic carbocycles. The minimum atomic E-state index is -0.0245. The van der Waals surface area contributed by atoms with Gasteiger partial charge in [0.05, 0.1) is 17.6 Å². The highest BCUT2D eigenvalue weighted by molar-refractivity contribution is 9.10. The lowest BCUT2D eigenvalue weighted by Gasteiger charge is -2.13. The third-order valence-corrected chi connectivity index (χ3v) is 3.83. The number of halogens is 1. The van der Waals surface area contributed by atoms with Crippen molar-refractivity contribution in [3.05, 3.63) is 46.7 Å². The molecule has 3 aromatic rings. The Morgan fingerprint density at radius 3 is 3.10 bits per heavy atom. The Kier molecular flexibility index (Phi) is 4.07. The summed E-state index contributed by atoms with van der Waals surface area (Å²) in [7, 11) is 0. The van der Waals surface area contributed by atoms with Gasteiger partial charge >= 0.3 is 0 Å². The van der Waals surface area contributed by atoms with Crippen LogP contribution in [0.25, 0.3) is 11.0 Å². The van der Waals surface area contributed by atoms with Gasteiger partial charge < -0.3 is 14.3 Å². The Morgan fingerprint density at radius 2 is 2.29 bits per heavy atom. The molecule has 5 nitrogen and oxygen atoms in total. The first-order valence-corrected chi connectivity index (χ1v) is 7.73. The first kappa shape index (κ1) is 14.3. The van der Waals surface area contributed by atoms with Crippen LogP contribution in [0.1, 0.15) is 31.6 Å². The average Bonchev–Trinajstić information content (AvgIpc) is 3.05. The van der Waals surface area contributed by atoms with Crippen LogP contribution in [0.3, 0.4) is 0 Å². The number of aromatic nitrogens is 4. The van der Waals surface area contributed by atoms with Gasteiger partial charge in [-0.05, 0) is 32.0 Å². The van der Waals surface area contributed by atoms with Crippen molar-refractivity contribution in [2.75, 3.05) is 6.61 Å². The average molecular weight is 349 g/mol. The van der Waals surface area contributed by atoms with Crippen molar-refractivity contribution in [1.29, 1.82) is 0 Å². The first-order valence-electron chi connectivity index (χ1n) is 6.94. The number of ether oxygens (including phenoxy) is 1. The van der Waals surface area contributed by atoms with Crippen LogP contribution < -0.4 is 0 Å². The number of aromatic amines is 1. The molecule has 0 saturated carbocycles. The molecule has 0 unspecified atom stereocenters. The van der Waals surface area contributed by atoms with Gasteiger partial charge in [0.25, 0.3) is 0 Å². The highest BCUT2D eigenvalue weighted by atomic mass is 79.9. The zero-order valence-electron chi connectivity index (χ0n) is 12.0. The van der Waals surface area contributed by atoms with Crippen LogP contribution in [-0.2, 0) is 11.3 Å². The summed E-state index contributed by atoms with van der Waals surface area (Å²) >= 11 is 3.47. The van der Waals surface area contributed by atoms with Crippen molar-refractivity contribution < 1.29 is 4.74 Å².